The van der Waals surface area contributed by atoms with Gasteiger partial charge in [0.05, 0.1) is 6.04 Å². The Hall–Kier alpha value is -1.09. The summed E-state index contributed by atoms with van der Waals surface area (Å²) in [6.07, 6.45) is 0.334. The predicted molar refractivity (Wildman–Crippen MR) is 67.5 cm³/mol. The highest BCUT2D eigenvalue weighted by Crippen LogP contribution is 2.21. The van der Waals surface area contributed by atoms with Gasteiger partial charge >= 0.3 is 0 Å². The monoisotopic (exact) mass is 257 g/mol. The van der Waals surface area contributed by atoms with Crippen molar-refractivity contribution in [1.82, 2.24) is 4.90 Å². The molecular weight excluding hydrogens is 241 g/mol. The first-order chi connectivity index (χ1) is 8.10. The average Bonchev–Trinajstić information content (AvgIpc) is 2.31. The molecular formula is C13H17ClFNO. The lowest BCUT2D eigenvalue weighted by Crippen LogP contribution is -2.33. The van der Waals surface area contributed by atoms with E-state index in [1.165, 1.54) is 12.1 Å². The summed E-state index contributed by atoms with van der Waals surface area (Å²) in [6, 6.07) is 6.17. The number of amides is 1. The number of rotatable bonds is 5. The first-order valence-corrected chi connectivity index (χ1v) is 6.24. The zero-order valence-corrected chi connectivity index (χ0v) is 10.9. The highest BCUT2D eigenvalue weighted by molar-refractivity contribution is 6.18. The van der Waals surface area contributed by atoms with Crippen molar-refractivity contribution in [2.75, 3.05) is 12.4 Å². The third-order valence-electron chi connectivity index (χ3n) is 2.79. The summed E-state index contributed by atoms with van der Waals surface area (Å²) in [4.78, 5) is 13.6. The van der Waals surface area contributed by atoms with Gasteiger partial charge in [-0.05, 0) is 31.5 Å². The van der Waals surface area contributed by atoms with Crippen LogP contribution in [0.1, 0.15) is 31.9 Å². The van der Waals surface area contributed by atoms with Crippen LogP contribution in [-0.4, -0.2) is 23.2 Å². The number of hydrogen-bond donors (Lipinski definition) is 0. The summed E-state index contributed by atoms with van der Waals surface area (Å²) in [7, 11) is 0. The van der Waals surface area contributed by atoms with E-state index in [-0.39, 0.29) is 17.8 Å². The fourth-order valence-electron chi connectivity index (χ4n) is 1.81. The second-order valence-electron chi connectivity index (χ2n) is 3.85. The third-order valence-corrected chi connectivity index (χ3v) is 2.98. The van der Waals surface area contributed by atoms with E-state index in [0.717, 1.165) is 5.56 Å². The van der Waals surface area contributed by atoms with E-state index in [1.807, 2.05) is 13.8 Å². The molecule has 0 saturated carbocycles. The van der Waals surface area contributed by atoms with Gasteiger partial charge in [-0.1, -0.05) is 12.1 Å². The molecule has 1 aromatic rings. The largest absolute Gasteiger partial charge is 0.336 e. The lowest BCUT2D eigenvalue weighted by molar-refractivity contribution is -0.132. The fraction of sp³-hybridized carbons (Fsp3) is 0.462. The molecule has 0 aromatic heterocycles. The molecule has 1 atom stereocenters. The average molecular weight is 258 g/mol. The lowest BCUT2D eigenvalue weighted by atomic mass is 10.1. The molecule has 1 aromatic carbocycles. The molecule has 0 spiro atoms. The van der Waals surface area contributed by atoms with Crippen molar-refractivity contribution in [2.24, 2.45) is 0 Å². The third kappa shape index (κ3) is 3.70. The summed E-state index contributed by atoms with van der Waals surface area (Å²) in [6.45, 7) is 4.48. The number of alkyl halides is 1. The minimum Gasteiger partial charge on any atom is -0.336 e. The topological polar surface area (TPSA) is 20.3 Å². The Morgan fingerprint density at radius 1 is 1.41 bits per heavy atom. The molecule has 1 unspecified atom stereocenters. The first kappa shape index (κ1) is 14.0. The van der Waals surface area contributed by atoms with Gasteiger partial charge in [-0.15, -0.1) is 11.6 Å². The van der Waals surface area contributed by atoms with Crippen LogP contribution in [-0.2, 0) is 4.79 Å². The van der Waals surface area contributed by atoms with E-state index < -0.39 is 0 Å². The zero-order valence-electron chi connectivity index (χ0n) is 10.1. The Labute approximate surface area is 106 Å². The van der Waals surface area contributed by atoms with E-state index >= 15 is 0 Å². The Kier molecular flexibility index (Phi) is 5.42. The van der Waals surface area contributed by atoms with Crippen molar-refractivity contribution >= 4 is 17.5 Å². The minimum atomic E-state index is -0.268. The van der Waals surface area contributed by atoms with Gasteiger partial charge in [-0.2, -0.15) is 0 Å². The van der Waals surface area contributed by atoms with Crippen LogP contribution in [0.2, 0.25) is 0 Å². The van der Waals surface area contributed by atoms with E-state index in [9.17, 15) is 9.18 Å². The van der Waals surface area contributed by atoms with Crippen LogP contribution in [0.5, 0.6) is 0 Å². The number of halogens is 2. The van der Waals surface area contributed by atoms with Crippen molar-refractivity contribution in [1.29, 1.82) is 0 Å². The molecule has 0 aliphatic carbocycles. The maximum absolute atomic E-state index is 12.8. The highest BCUT2D eigenvalue weighted by atomic mass is 35.5. The first-order valence-electron chi connectivity index (χ1n) is 5.71. The van der Waals surface area contributed by atoms with Gasteiger partial charge in [0, 0.05) is 18.8 Å². The summed E-state index contributed by atoms with van der Waals surface area (Å²) in [5.74, 6) is 0.0845. The molecule has 1 rings (SSSR count). The molecule has 0 radical (unpaired) electrons. The second-order valence-corrected chi connectivity index (χ2v) is 4.22. The molecule has 0 aliphatic rings. The normalized spacial score (nSPS) is 12.2. The van der Waals surface area contributed by atoms with Gasteiger partial charge < -0.3 is 4.90 Å². The molecule has 4 heteroatoms. The Morgan fingerprint density at radius 3 is 2.47 bits per heavy atom. The second kappa shape index (κ2) is 6.60. The molecule has 0 aliphatic heterocycles. The Balaban J connectivity index is 2.81. The molecule has 2 nitrogen and oxygen atoms in total. The summed E-state index contributed by atoms with van der Waals surface area (Å²) < 4.78 is 12.8. The van der Waals surface area contributed by atoms with Crippen LogP contribution in [0.4, 0.5) is 4.39 Å². The zero-order chi connectivity index (χ0) is 12.8. The lowest BCUT2D eigenvalue weighted by Gasteiger charge is -2.28. The molecule has 94 valence electrons. The Morgan fingerprint density at radius 2 is 2.00 bits per heavy atom. The van der Waals surface area contributed by atoms with Crippen LogP contribution in [0.25, 0.3) is 0 Å². The van der Waals surface area contributed by atoms with Gasteiger partial charge in [0.25, 0.3) is 0 Å². The van der Waals surface area contributed by atoms with Crippen LogP contribution in [0.3, 0.4) is 0 Å². The Bertz CT molecular complexity index is 366. The minimum absolute atomic E-state index is 0.0272. The standard InChI is InChI=1S/C13H17ClFNO/c1-3-16(13(17)8-9-14)10(2)11-4-6-12(15)7-5-11/h4-7,10H,3,8-9H2,1-2H3. The highest BCUT2D eigenvalue weighted by Gasteiger charge is 2.19. The summed E-state index contributed by atoms with van der Waals surface area (Å²) in [5.41, 5.74) is 0.927. The van der Waals surface area contributed by atoms with Crippen molar-refractivity contribution in [3.05, 3.63) is 35.6 Å². The fourth-order valence-corrected chi connectivity index (χ4v) is 1.97. The summed E-state index contributed by atoms with van der Waals surface area (Å²) >= 11 is 5.57. The molecule has 17 heavy (non-hydrogen) atoms. The maximum Gasteiger partial charge on any atom is 0.224 e. The van der Waals surface area contributed by atoms with E-state index in [4.69, 9.17) is 11.6 Å². The van der Waals surface area contributed by atoms with E-state index in [1.54, 1.807) is 17.0 Å². The molecule has 0 fully saturated rings. The molecule has 0 bridgehead atoms. The van der Waals surface area contributed by atoms with Crippen molar-refractivity contribution < 1.29 is 9.18 Å². The smallest absolute Gasteiger partial charge is 0.224 e. The van der Waals surface area contributed by atoms with Gasteiger partial charge in [0.1, 0.15) is 5.82 Å². The number of carbonyl (C=O) groups excluding carboxylic acids is 1. The van der Waals surface area contributed by atoms with Crippen molar-refractivity contribution in [2.45, 2.75) is 26.3 Å². The van der Waals surface area contributed by atoms with Crippen molar-refractivity contribution in [3.8, 4) is 0 Å². The summed E-state index contributed by atoms with van der Waals surface area (Å²) in [5, 5.41) is 0. The number of benzene rings is 1. The molecule has 0 saturated heterocycles. The van der Waals surface area contributed by atoms with Crippen LogP contribution in [0.15, 0.2) is 24.3 Å². The van der Waals surface area contributed by atoms with Gasteiger partial charge in [-0.25, -0.2) is 4.39 Å². The van der Waals surface area contributed by atoms with E-state index in [0.29, 0.717) is 18.8 Å². The van der Waals surface area contributed by atoms with Gasteiger partial charge in [0.15, 0.2) is 0 Å². The van der Waals surface area contributed by atoms with Gasteiger partial charge in [-0.3, -0.25) is 4.79 Å². The van der Waals surface area contributed by atoms with Gasteiger partial charge in [0.2, 0.25) is 5.91 Å². The quantitative estimate of drug-likeness (QED) is 0.741. The molecule has 1 amide bonds. The number of carbonyl (C=O) groups is 1. The molecule has 0 N–H and O–H groups in total. The maximum atomic E-state index is 12.8. The van der Waals surface area contributed by atoms with Crippen molar-refractivity contribution in [3.63, 3.8) is 0 Å². The SMILES string of the molecule is CCN(C(=O)CCCl)C(C)c1ccc(F)cc1. The number of nitrogens with zero attached hydrogens (tertiary/aromatic N) is 1. The molecule has 0 heterocycles. The van der Waals surface area contributed by atoms with Crippen LogP contribution >= 0.6 is 11.6 Å². The number of hydrogen-bond acceptors (Lipinski definition) is 1. The van der Waals surface area contributed by atoms with Crippen LogP contribution < -0.4 is 0 Å². The van der Waals surface area contributed by atoms with E-state index in [2.05, 4.69) is 0 Å². The van der Waals surface area contributed by atoms with Crippen LogP contribution in [0, 0.1) is 5.82 Å². The predicted octanol–water partition coefficient (Wildman–Crippen LogP) is 3.36.